The smallest absolute Gasteiger partial charge is 0.115 e. The third-order valence-electron chi connectivity index (χ3n) is 2.72. The highest BCUT2D eigenvalue weighted by atomic mass is 35.5. The van der Waals surface area contributed by atoms with Gasteiger partial charge in [0.1, 0.15) is 5.03 Å². The van der Waals surface area contributed by atoms with E-state index in [9.17, 15) is 0 Å². The van der Waals surface area contributed by atoms with Gasteiger partial charge in [0.25, 0.3) is 0 Å². The molecule has 1 fully saturated rings. The van der Waals surface area contributed by atoms with Crippen molar-refractivity contribution in [2.24, 2.45) is 0 Å². The summed E-state index contributed by atoms with van der Waals surface area (Å²) in [5, 5.41) is 5.20. The minimum absolute atomic E-state index is 0.614. The quantitative estimate of drug-likeness (QED) is 0.660. The van der Waals surface area contributed by atoms with Crippen molar-refractivity contribution in [1.29, 1.82) is 0 Å². The summed E-state index contributed by atoms with van der Waals surface area (Å²) in [6, 6.07) is 4.35. The Morgan fingerprint density at radius 3 is 3.06 bits per heavy atom. The lowest BCUT2D eigenvalue weighted by atomic mass is 10.1. The Morgan fingerprint density at radius 1 is 1.47 bits per heavy atom. The van der Waals surface area contributed by atoms with Gasteiger partial charge in [-0.05, 0) is 25.0 Å². The molecule has 2 rings (SSSR count). The highest BCUT2D eigenvalue weighted by molar-refractivity contribution is 7.99. The van der Waals surface area contributed by atoms with Gasteiger partial charge in [0.15, 0.2) is 0 Å². The first-order valence-corrected chi connectivity index (χ1v) is 7.27. The second-order valence-corrected chi connectivity index (χ2v) is 5.47. The molecular weight excluding hydrogens is 256 g/mol. The van der Waals surface area contributed by atoms with Crippen molar-refractivity contribution >= 4 is 23.4 Å². The van der Waals surface area contributed by atoms with Gasteiger partial charge in [0.05, 0.1) is 5.02 Å². The SMILES string of the molecule is Clc1cccnc1SCCNC1CCOCC1. The van der Waals surface area contributed by atoms with E-state index in [0.717, 1.165) is 48.4 Å². The summed E-state index contributed by atoms with van der Waals surface area (Å²) in [5.74, 6) is 0.994. The number of pyridine rings is 1. The van der Waals surface area contributed by atoms with E-state index in [0.29, 0.717) is 6.04 Å². The highest BCUT2D eigenvalue weighted by Gasteiger charge is 2.12. The Hall–Kier alpha value is -0.290. The van der Waals surface area contributed by atoms with E-state index in [-0.39, 0.29) is 0 Å². The van der Waals surface area contributed by atoms with Crippen molar-refractivity contribution in [3.05, 3.63) is 23.4 Å². The Balaban J connectivity index is 1.64. The number of hydrogen-bond donors (Lipinski definition) is 1. The molecule has 0 aromatic carbocycles. The van der Waals surface area contributed by atoms with Gasteiger partial charge >= 0.3 is 0 Å². The topological polar surface area (TPSA) is 34.2 Å². The molecule has 5 heteroatoms. The highest BCUT2D eigenvalue weighted by Crippen LogP contribution is 2.23. The summed E-state index contributed by atoms with van der Waals surface area (Å²) < 4.78 is 5.32. The van der Waals surface area contributed by atoms with Gasteiger partial charge in [-0.2, -0.15) is 0 Å². The Labute approximate surface area is 111 Å². The summed E-state index contributed by atoms with van der Waals surface area (Å²) in [5.41, 5.74) is 0. The minimum Gasteiger partial charge on any atom is -0.381 e. The van der Waals surface area contributed by atoms with Crippen molar-refractivity contribution in [1.82, 2.24) is 10.3 Å². The molecule has 0 radical (unpaired) electrons. The molecule has 1 aliphatic heterocycles. The standard InChI is InChI=1S/C12H17ClN2OS/c13-11-2-1-5-15-12(11)17-9-6-14-10-3-7-16-8-4-10/h1-2,5,10,14H,3-4,6-9H2. The first-order chi connectivity index (χ1) is 8.36. The maximum absolute atomic E-state index is 6.03. The van der Waals surface area contributed by atoms with Gasteiger partial charge in [-0.3, -0.25) is 0 Å². The van der Waals surface area contributed by atoms with Gasteiger partial charge in [0.2, 0.25) is 0 Å². The van der Waals surface area contributed by atoms with Crippen LogP contribution in [0.1, 0.15) is 12.8 Å². The average molecular weight is 273 g/mol. The maximum Gasteiger partial charge on any atom is 0.115 e. The van der Waals surface area contributed by atoms with Gasteiger partial charge in [0, 0.05) is 37.8 Å². The van der Waals surface area contributed by atoms with Crippen LogP contribution in [0.3, 0.4) is 0 Å². The molecule has 0 aliphatic carbocycles. The van der Waals surface area contributed by atoms with Crippen LogP contribution in [0.15, 0.2) is 23.4 Å². The number of aromatic nitrogens is 1. The largest absolute Gasteiger partial charge is 0.381 e. The first-order valence-electron chi connectivity index (χ1n) is 5.91. The van der Waals surface area contributed by atoms with Crippen LogP contribution in [0.25, 0.3) is 0 Å². The van der Waals surface area contributed by atoms with E-state index in [1.807, 2.05) is 12.1 Å². The molecule has 1 aromatic rings. The second kappa shape index (κ2) is 7.21. The zero-order chi connectivity index (χ0) is 11.9. The molecule has 2 heterocycles. The molecule has 0 unspecified atom stereocenters. The van der Waals surface area contributed by atoms with Crippen LogP contribution in [0, 0.1) is 0 Å². The van der Waals surface area contributed by atoms with Crippen LogP contribution in [-0.4, -0.2) is 36.5 Å². The Kier molecular flexibility index (Phi) is 5.58. The fraction of sp³-hybridized carbons (Fsp3) is 0.583. The van der Waals surface area contributed by atoms with E-state index in [2.05, 4.69) is 10.3 Å². The zero-order valence-corrected chi connectivity index (χ0v) is 11.3. The molecule has 0 amide bonds. The first kappa shape index (κ1) is 13.1. The predicted molar refractivity (Wildman–Crippen MR) is 71.8 cm³/mol. The fourth-order valence-corrected chi connectivity index (χ4v) is 2.83. The number of halogens is 1. The van der Waals surface area contributed by atoms with E-state index >= 15 is 0 Å². The average Bonchev–Trinajstić information content (AvgIpc) is 2.38. The van der Waals surface area contributed by atoms with Gasteiger partial charge in [-0.15, -0.1) is 11.8 Å². The van der Waals surface area contributed by atoms with E-state index in [4.69, 9.17) is 16.3 Å². The summed E-state index contributed by atoms with van der Waals surface area (Å²) in [6.45, 7) is 2.76. The van der Waals surface area contributed by atoms with Crippen LogP contribution in [0.4, 0.5) is 0 Å². The number of thioether (sulfide) groups is 1. The monoisotopic (exact) mass is 272 g/mol. The molecule has 94 valence electrons. The molecule has 1 saturated heterocycles. The number of nitrogens with zero attached hydrogens (tertiary/aromatic N) is 1. The molecule has 0 atom stereocenters. The second-order valence-electron chi connectivity index (χ2n) is 3.98. The molecule has 17 heavy (non-hydrogen) atoms. The van der Waals surface area contributed by atoms with Crippen LogP contribution < -0.4 is 5.32 Å². The third-order valence-corrected chi connectivity index (χ3v) is 4.14. The number of rotatable bonds is 5. The van der Waals surface area contributed by atoms with Crippen LogP contribution >= 0.6 is 23.4 Å². The molecule has 0 saturated carbocycles. The number of hydrogen-bond acceptors (Lipinski definition) is 4. The van der Waals surface area contributed by atoms with Crippen molar-refractivity contribution in [2.75, 3.05) is 25.5 Å². The van der Waals surface area contributed by atoms with Crippen molar-refractivity contribution in [2.45, 2.75) is 23.9 Å². The Morgan fingerprint density at radius 2 is 2.29 bits per heavy atom. The minimum atomic E-state index is 0.614. The van der Waals surface area contributed by atoms with Crippen LogP contribution in [0.5, 0.6) is 0 Å². The van der Waals surface area contributed by atoms with Crippen molar-refractivity contribution in [3.8, 4) is 0 Å². The van der Waals surface area contributed by atoms with Gasteiger partial charge < -0.3 is 10.1 Å². The molecule has 3 nitrogen and oxygen atoms in total. The lowest BCUT2D eigenvalue weighted by Crippen LogP contribution is -2.35. The van der Waals surface area contributed by atoms with Crippen molar-refractivity contribution < 1.29 is 4.74 Å². The normalized spacial score (nSPS) is 17.2. The van der Waals surface area contributed by atoms with Gasteiger partial charge in [-0.25, -0.2) is 4.98 Å². The lowest BCUT2D eigenvalue weighted by molar-refractivity contribution is 0.0786. The molecule has 0 spiro atoms. The number of ether oxygens (including phenoxy) is 1. The lowest BCUT2D eigenvalue weighted by Gasteiger charge is -2.23. The maximum atomic E-state index is 6.03. The molecule has 1 aliphatic rings. The zero-order valence-electron chi connectivity index (χ0n) is 9.69. The number of nitrogens with one attached hydrogen (secondary N) is 1. The van der Waals surface area contributed by atoms with E-state index in [1.165, 1.54) is 0 Å². The molecule has 0 bridgehead atoms. The third kappa shape index (κ3) is 4.47. The predicted octanol–water partition coefficient (Wildman–Crippen LogP) is 2.60. The van der Waals surface area contributed by atoms with E-state index in [1.54, 1.807) is 18.0 Å². The Bertz CT molecular complexity index is 345. The molecule has 1 N–H and O–H groups in total. The summed E-state index contributed by atoms with van der Waals surface area (Å²) in [4.78, 5) is 4.25. The van der Waals surface area contributed by atoms with Crippen LogP contribution in [0.2, 0.25) is 5.02 Å². The van der Waals surface area contributed by atoms with Crippen LogP contribution in [-0.2, 0) is 4.74 Å². The summed E-state index contributed by atoms with van der Waals surface area (Å²) in [7, 11) is 0. The van der Waals surface area contributed by atoms with Crippen molar-refractivity contribution in [3.63, 3.8) is 0 Å². The fourth-order valence-electron chi connectivity index (χ4n) is 1.79. The molecule has 1 aromatic heterocycles. The summed E-state index contributed by atoms with van der Waals surface area (Å²) >= 11 is 7.73. The molecular formula is C12H17ClN2OS. The summed E-state index contributed by atoms with van der Waals surface area (Å²) in [6.07, 6.45) is 4.02. The van der Waals surface area contributed by atoms with E-state index < -0.39 is 0 Å². The van der Waals surface area contributed by atoms with Gasteiger partial charge in [-0.1, -0.05) is 11.6 Å².